The van der Waals surface area contributed by atoms with Crippen LogP contribution in [-0.2, 0) is 16.2 Å². The van der Waals surface area contributed by atoms with Crippen molar-refractivity contribution < 1.29 is 9.13 Å². The largest absolute Gasteiger partial charge is 0.350 e. The Balaban J connectivity index is 1.64. The first kappa shape index (κ1) is 18.3. The molecule has 0 aliphatic heterocycles. The minimum atomic E-state index is -2.73. The van der Waals surface area contributed by atoms with Crippen LogP contribution in [0.3, 0.4) is 0 Å². The summed E-state index contributed by atoms with van der Waals surface area (Å²) in [5, 5.41) is 11.7. The van der Waals surface area contributed by atoms with E-state index in [9.17, 15) is 9.13 Å². The molecule has 0 aliphatic carbocycles. The van der Waals surface area contributed by atoms with Gasteiger partial charge >= 0.3 is 7.68 Å². The normalized spacial score (nSPS) is 10.8. The van der Waals surface area contributed by atoms with Gasteiger partial charge in [0.15, 0.2) is 0 Å². The number of benzene rings is 2. The summed E-state index contributed by atoms with van der Waals surface area (Å²) in [6.45, 7) is 0. The molecule has 28 heavy (non-hydrogen) atoms. The Labute approximate surface area is 169 Å². The number of para-hydroxylation sites is 1. The van der Waals surface area contributed by atoms with Crippen LogP contribution < -0.4 is 15.9 Å². The van der Waals surface area contributed by atoms with Crippen molar-refractivity contribution in [1.29, 1.82) is 0 Å². The van der Waals surface area contributed by atoms with E-state index in [-0.39, 0.29) is 5.30 Å². The highest BCUT2D eigenvalue weighted by atomic mass is 79.9. The Morgan fingerprint density at radius 3 is 2.71 bits per heavy atom. The maximum atomic E-state index is 11.5. The molecule has 4 rings (SSSR count). The van der Waals surface area contributed by atoms with Crippen molar-refractivity contribution in [3.05, 3.63) is 59.3 Å². The highest BCUT2D eigenvalue weighted by Gasteiger charge is 2.11. The summed E-state index contributed by atoms with van der Waals surface area (Å²) in [6, 6.07) is 12.5. The predicted octanol–water partition coefficient (Wildman–Crippen LogP) is 4.41. The zero-order chi connectivity index (χ0) is 19.7. The van der Waals surface area contributed by atoms with Gasteiger partial charge in [-0.15, -0.1) is 0 Å². The van der Waals surface area contributed by atoms with Crippen LogP contribution in [0.2, 0.25) is 0 Å². The lowest BCUT2D eigenvalue weighted by molar-refractivity contribution is 0.523. The van der Waals surface area contributed by atoms with Gasteiger partial charge in [0.1, 0.15) is 5.82 Å². The summed E-state index contributed by atoms with van der Waals surface area (Å²) in [4.78, 5) is 8.73. The van der Waals surface area contributed by atoms with Crippen LogP contribution in [0, 0.1) is 0 Å². The molecule has 10 heteroatoms. The zero-order valence-electron chi connectivity index (χ0n) is 14.6. The van der Waals surface area contributed by atoms with Gasteiger partial charge in [-0.1, -0.05) is 12.1 Å². The molecule has 140 valence electrons. The number of aryl methyl sites for hydroxylation is 1. The second-order valence-corrected chi connectivity index (χ2v) is 7.81. The minimum Gasteiger partial charge on any atom is -0.338 e. The lowest BCUT2D eigenvalue weighted by Crippen LogP contribution is -2.06. The van der Waals surface area contributed by atoms with E-state index in [0.29, 0.717) is 21.9 Å². The van der Waals surface area contributed by atoms with Crippen LogP contribution in [0.25, 0.3) is 10.9 Å². The van der Waals surface area contributed by atoms with Crippen LogP contribution in [0.5, 0.6) is 0 Å². The molecule has 0 spiro atoms. The molecule has 0 aliphatic rings. The molecule has 4 aromatic rings. The summed E-state index contributed by atoms with van der Waals surface area (Å²) in [6.07, 6.45) is 3.40. The van der Waals surface area contributed by atoms with Gasteiger partial charge in [-0.3, -0.25) is 4.68 Å². The van der Waals surface area contributed by atoms with E-state index in [4.69, 9.17) is 0 Å². The van der Waals surface area contributed by atoms with Crippen molar-refractivity contribution >= 4 is 63.0 Å². The van der Waals surface area contributed by atoms with Gasteiger partial charge in [0, 0.05) is 24.3 Å². The lowest BCUT2D eigenvalue weighted by atomic mass is 10.2. The fraction of sp³-hybridized carbons (Fsp3) is 0.0556. The topological polar surface area (TPSA) is 102 Å². The van der Waals surface area contributed by atoms with Crippen LogP contribution >= 0.6 is 23.6 Å². The first-order valence-corrected chi connectivity index (χ1v) is 10.2. The number of hydrogen-bond donors (Lipinski definition) is 2. The maximum Gasteiger partial charge on any atom is 0.350 e. The number of halogens is 1. The molecular formula is C18H14BrN6O2P. The second kappa shape index (κ2) is 7.53. The Morgan fingerprint density at radius 2 is 1.89 bits per heavy atom. The van der Waals surface area contributed by atoms with Gasteiger partial charge in [-0.25, -0.2) is 14.1 Å². The Morgan fingerprint density at radius 1 is 1.07 bits per heavy atom. The first-order chi connectivity index (χ1) is 13.5. The molecule has 0 fully saturated rings. The zero-order valence-corrected chi connectivity index (χ0v) is 17.1. The Bertz CT molecular complexity index is 1250. The number of nitrogens with one attached hydrogen (secondary N) is 2. The van der Waals surface area contributed by atoms with E-state index in [1.54, 1.807) is 35.3 Å². The lowest BCUT2D eigenvalue weighted by Gasteiger charge is -2.11. The monoisotopic (exact) mass is 456 g/mol. The number of hydrogen-bond acceptors (Lipinski definition) is 7. The quantitative estimate of drug-likeness (QED) is 0.428. The van der Waals surface area contributed by atoms with Crippen LogP contribution in [0.15, 0.2) is 59.3 Å². The van der Waals surface area contributed by atoms with E-state index in [1.807, 2.05) is 25.2 Å². The van der Waals surface area contributed by atoms with E-state index in [2.05, 4.69) is 41.6 Å². The van der Waals surface area contributed by atoms with Crippen LogP contribution in [-0.4, -0.2) is 19.7 Å². The third-order valence-corrected chi connectivity index (χ3v) is 5.47. The average Bonchev–Trinajstić information content (AvgIpc) is 3.05. The summed E-state index contributed by atoms with van der Waals surface area (Å²) >= 11 is 3.39. The van der Waals surface area contributed by atoms with Crippen LogP contribution in [0.1, 0.15) is 0 Å². The number of aromatic nitrogens is 4. The highest BCUT2D eigenvalue weighted by molar-refractivity contribution is 9.10. The molecule has 2 aromatic heterocycles. The summed E-state index contributed by atoms with van der Waals surface area (Å²) in [5.41, 5.74) is 2.24. The van der Waals surface area contributed by atoms with Crippen molar-refractivity contribution in [1.82, 2.24) is 19.7 Å². The number of nitrogens with zero attached hydrogens (tertiary/aromatic N) is 4. The molecule has 2 heterocycles. The molecular weight excluding hydrogens is 443 g/mol. The molecule has 0 atom stereocenters. The standard InChI is InChI=1S/C18H14BrN6O2P/c1-25-15-8-12(7-6-11(15)9-21-25)22-18-20-10-13(19)17(24-18)23-14-4-2-3-5-16(14)28(26)27/h2-10H,1H3,(H2,20,22,23,24). The summed E-state index contributed by atoms with van der Waals surface area (Å²) in [7, 11) is -0.853. The summed E-state index contributed by atoms with van der Waals surface area (Å²) < 4.78 is 25.3. The predicted molar refractivity (Wildman–Crippen MR) is 111 cm³/mol. The third-order valence-electron chi connectivity index (χ3n) is 4.10. The van der Waals surface area contributed by atoms with Gasteiger partial charge in [0.05, 0.1) is 27.2 Å². The molecule has 0 amide bonds. The molecule has 0 unspecified atom stereocenters. The fourth-order valence-corrected chi connectivity index (χ4v) is 3.56. The highest BCUT2D eigenvalue weighted by Crippen LogP contribution is 2.27. The van der Waals surface area contributed by atoms with Crippen molar-refractivity contribution in [2.45, 2.75) is 0 Å². The molecule has 2 N–H and O–H groups in total. The van der Waals surface area contributed by atoms with E-state index < -0.39 is 7.68 Å². The fourth-order valence-electron chi connectivity index (χ4n) is 2.73. The average molecular weight is 457 g/mol. The smallest absolute Gasteiger partial charge is 0.338 e. The Kier molecular flexibility index (Phi) is 4.93. The Hall–Kier alpha value is -3.03. The van der Waals surface area contributed by atoms with Crippen molar-refractivity contribution in [2.75, 3.05) is 10.6 Å². The molecule has 2 aromatic carbocycles. The van der Waals surface area contributed by atoms with Crippen LogP contribution in [0.4, 0.5) is 23.1 Å². The van der Waals surface area contributed by atoms with Gasteiger partial charge in [0.2, 0.25) is 5.95 Å². The summed E-state index contributed by atoms with van der Waals surface area (Å²) in [5.74, 6) is 0.819. The second-order valence-electron chi connectivity index (χ2n) is 5.96. The van der Waals surface area contributed by atoms with Gasteiger partial charge in [0.25, 0.3) is 0 Å². The number of anilines is 4. The number of fused-ring (bicyclic) bond motifs is 1. The molecule has 0 saturated heterocycles. The minimum absolute atomic E-state index is 0.194. The van der Waals surface area contributed by atoms with Gasteiger partial charge < -0.3 is 10.6 Å². The SMILES string of the molecule is Cn1ncc2ccc(Nc3ncc(Br)c(Nc4ccccc4P(=O)=O)n3)cc21. The van der Waals surface area contributed by atoms with Crippen molar-refractivity contribution in [3.8, 4) is 0 Å². The molecule has 0 radical (unpaired) electrons. The van der Waals surface area contributed by atoms with Gasteiger partial charge in [-0.2, -0.15) is 10.1 Å². The van der Waals surface area contributed by atoms with E-state index in [1.165, 1.54) is 6.07 Å². The van der Waals surface area contributed by atoms with Crippen molar-refractivity contribution in [2.24, 2.45) is 7.05 Å². The van der Waals surface area contributed by atoms with Crippen molar-refractivity contribution in [3.63, 3.8) is 0 Å². The first-order valence-electron chi connectivity index (χ1n) is 8.23. The van der Waals surface area contributed by atoms with Gasteiger partial charge in [-0.05, 0) is 46.3 Å². The molecule has 0 saturated carbocycles. The van der Waals surface area contributed by atoms with E-state index >= 15 is 0 Å². The number of rotatable bonds is 5. The van der Waals surface area contributed by atoms with E-state index in [0.717, 1.165) is 16.6 Å². The molecule has 0 bridgehead atoms. The maximum absolute atomic E-state index is 11.5. The molecule has 8 nitrogen and oxygen atoms in total. The third kappa shape index (κ3) is 3.67.